The molecule has 1 fully saturated rings. The zero-order valence-electron chi connectivity index (χ0n) is 22.0. The molecule has 6 rings (SSSR count). The van der Waals surface area contributed by atoms with Crippen LogP contribution < -0.4 is 4.74 Å². The molecule has 4 heterocycles. The van der Waals surface area contributed by atoms with E-state index >= 15 is 0 Å². The van der Waals surface area contributed by atoms with Crippen molar-refractivity contribution in [3.8, 4) is 17.0 Å². The van der Waals surface area contributed by atoms with Crippen LogP contribution >= 0.6 is 0 Å². The number of nitrogens with one attached hydrogen (secondary N) is 1. The van der Waals surface area contributed by atoms with E-state index in [1.54, 1.807) is 14.0 Å². The number of pyridine rings is 1. The first-order chi connectivity index (χ1) is 18.5. The first-order valence-electron chi connectivity index (χ1n) is 13.3. The summed E-state index contributed by atoms with van der Waals surface area (Å²) in [6, 6.07) is 20.6. The number of hydrogen-bond donors (Lipinski definition) is 2. The molecule has 2 aliphatic rings. The quantitative estimate of drug-likeness (QED) is 0.408. The minimum absolute atomic E-state index is 0.0264. The number of hydrogen-bond acceptors (Lipinski definition) is 5. The number of fused-ring (bicyclic) bond motifs is 4. The van der Waals surface area contributed by atoms with Crippen molar-refractivity contribution in [1.82, 2.24) is 19.8 Å². The predicted octanol–water partition coefficient (Wildman–Crippen LogP) is 4.67. The number of carbonyl (C=O) groups excluding carboxylic acids is 1. The van der Waals surface area contributed by atoms with Crippen molar-refractivity contribution < 1.29 is 14.6 Å². The molecule has 2 aromatic carbocycles. The van der Waals surface area contributed by atoms with Crippen molar-refractivity contribution in [3.63, 3.8) is 0 Å². The van der Waals surface area contributed by atoms with Crippen molar-refractivity contribution in [2.24, 2.45) is 0 Å². The number of aromatic amines is 1. The molecule has 0 radical (unpaired) electrons. The summed E-state index contributed by atoms with van der Waals surface area (Å²) in [5.74, 6) is 0.944. The van der Waals surface area contributed by atoms with Gasteiger partial charge in [0.2, 0.25) is 5.91 Å². The molecule has 2 aromatic heterocycles. The standard InChI is InChI=1S/C31H34N4O3/c1-21(37)34-15-12-31(13-16-34)20-35(18-22-6-8-23(9-7-22)26-5-3-4-14-32-26)28(19-36)30-29(31)25-11-10-24(38-2)17-27(25)33-30/h3-11,14,17,28,33,36H,12-13,15-16,18-20H2,1-2H3. The van der Waals surface area contributed by atoms with E-state index in [0.717, 1.165) is 67.2 Å². The average Bonchev–Trinajstić information content (AvgIpc) is 3.34. The highest BCUT2D eigenvalue weighted by atomic mass is 16.5. The van der Waals surface area contributed by atoms with Crippen LogP contribution in [0.4, 0.5) is 0 Å². The molecule has 0 aliphatic carbocycles. The first-order valence-corrected chi connectivity index (χ1v) is 13.3. The molecule has 7 nitrogen and oxygen atoms in total. The fourth-order valence-electron chi connectivity index (χ4n) is 6.49. The number of methoxy groups -OCH3 is 1. The van der Waals surface area contributed by atoms with Gasteiger partial charge in [0.25, 0.3) is 0 Å². The third kappa shape index (κ3) is 4.25. The Morgan fingerprint density at radius 2 is 1.92 bits per heavy atom. The van der Waals surface area contributed by atoms with Crippen LogP contribution in [0.15, 0.2) is 66.9 Å². The van der Waals surface area contributed by atoms with Gasteiger partial charge >= 0.3 is 0 Å². The Hall–Kier alpha value is -3.68. The Labute approximate surface area is 223 Å². The number of likely N-dealkylation sites (tertiary alicyclic amines) is 1. The number of H-pyrrole nitrogens is 1. The molecule has 0 bridgehead atoms. The van der Waals surface area contributed by atoms with Gasteiger partial charge in [-0.15, -0.1) is 0 Å². The van der Waals surface area contributed by atoms with E-state index in [4.69, 9.17) is 4.74 Å². The number of benzene rings is 2. The Balaban J connectivity index is 1.37. The average molecular weight is 511 g/mol. The zero-order valence-corrected chi connectivity index (χ0v) is 22.0. The number of carbonyl (C=O) groups is 1. The van der Waals surface area contributed by atoms with Gasteiger partial charge < -0.3 is 19.7 Å². The lowest BCUT2D eigenvalue weighted by atomic mass is 9.68. The van der Waals surface area contributed by atoms with Gasteiger partial charge in [0.05, 0.1) is 25.5 Å². The van der Waals surface area contributed by atoms with Gasteiger partial charge in [-0.25, -0.2) is 0 Å². The first kappa shape index (κ1) is 24.6. The van der Waals surface area contributed by atoms with Gasteiger partial charge in [0.1, 0.15) is 5.75 Å². The smallest absolute Gasteiger partial charge is 0.219 e. The Bertz CT molecular complexity index is 1440. The summed E-state index contributed by atoms with van der Waals surface area (Å²) in [7, 11) is 1.68. The predicted molar refractivity (Wildman–Crippen MR) is 148 cm³/mol. The highest BCUT2D eigenvalue weighted by Gasteiger charge is 2.47. The third-order valence-corrected chi connectivity index (χ3v) is 8.48. The molecule has 0 saturated carbocycles. The van der Waals surface area contributed by atoms with Crippen molar-refractivity contribution in [2.45, 2.75) is 37.8 Å². The zero-order chi connectivity index (χ0) is 26.3. The largest absolute Gasteiger partial charge is 0.497 e. The second-order valence-corrected chi connectivity index (χ2v) is 10.6. The molecule has 7 heteroatoms. The number of aliphatic hydroxyl groups excluding tert-OH is 1. The monoisotopic (exact) mass is 510 g/mol. The number of piperidine rings is 1. The maximum Gasteiger partial charge on any atom is 0.219 e. The minimum atomic E-state index is -0.143. The molecule has 38 heavy (non-hydrogen) atoms. The van der Waals surface area contributed by atoms with Crippen LogP contribution in [0.25, 0.3) is 22.2 Å². The molecule has 4 aromatic rings. The highest BCUT2D eigenvalue weighted by Crippen LogP contribution is 2.49. The molecule has 1 unspecified atom stereocenters. The summed E-state index contributed by atoms with van der Waals surface area (Å²) in [5.41, 5.74) is 6.56. The van der Waals surface area contributed by atoms with Gasteiger partial charge in [-0.05, 0) is 48.2 Å². The van der Waals surface area contributed by atoms with Crippen LogP contribution in [0.3, 0.4) is 0 Å². The van der Waals surface area contributed by atoms with Crippen LogP contribution in [-0.2, 0) is 16.8 Å². The second kappa shape index (κ2) is 9.89. The number of aromatic nitrogens is 2. The van der Waals surface area contributed by atoms with E-state index in [0.29, 0.717) is 0 Å². The topological polar surface area (TPSA) is 81.7 Å². The molecule has 1 atom stereocenters. The van der Waals surface area contributed by atoms with Crippen molar-refractivity contribution in [3.05, 3.63) is 83.7 Å². The number of rotatable bonds is 5. The fourth-order valence-corrected chi connectivity index (χ4v) is 6.49. The number of nitrogens with zero attached hydrogens (tertiary/aromatic N) is 3. The normalized spacial score (nSPS) is 19.0. The third-order valence-electron chi connectivity index (χ3n) is 8.48. The molecule has 1 amide bonds. The lowest BCUT2D eigenvalue weighted by Crippen LogP contribution is -2.54. The van der Waals surface area contributed by atoms with Gasteiger partial charge in [0.15, 0.2) is 0 Å². The van der Waals surface area contributed by atoms with E-state index in [2.05, 4.69) is 45.2 Å². The molecule has 1 saturated heterocycles. The van der Waals surface area contributed by atoms with E-state index in [9.17, 15) is 9.90 Å². The van der Waals surface area contributed by atoms with Gasteiger partial charge in [0, 0.05) is 72.9 Å². The molecule has 2 N–H and O–H groups in total. The Morgan fingerprint density at radius 3 is 2.58 bits per heavy atom. The SMILES string of the molecule is COc1ccc2c3c([nH]c2c1)C(CO)N(Cc1ccc(-c2ccccn2)cc1)CC31CCN(C(C)=O)CC1. The van der Waals surface area contributed by atoms with Crippen LogP contribution in [-0.4, -0.2) is 64.1 Å². The van der Waals surface area contributed by atoms with Crippen LogP contribution in [0.1, 0.15) is 42.6 Å². The Kier molecular flexibility index (Phi) is 6.41. The summed E-state index contributed by atoms with van der Waals surface area (Å²) < 4.78 is 5.50. The molecule has 2 aliphatic heterocycles. The lowest BCUT2D eigenvalue weighted by molar-refractivity contribution is -0.130. The van der Waals surface area contributed by atoms with Crippen LogP contribution in [0.5, 0.6) is 5.75 Å². The minimum Gasteiger partial charge on any atom is -0.497 e. The summed E-state index contributed by atoms with van der Waals surface area (Å²) in [5, 5.41) is 11.8. The molecular weight excluding hydrogens is 476 g/mol. The number of ether oxygens (including phenoxy) is 1. The maximum absolute atomic E-state index is 12.1. The van der Waals surface area contributed by atoms with E-state index in [1.807, 2.05) is 41.4 Å². The number of aliphatic hydroxyl groups is 1. The van der Waals surface area contributed by atoms with Crippen molar-refractivity contribution >= 4 is 16.8 Å². The van der Waals surface area contributed by atoms with Gasteiger partial charge in [-0.2, -0.15) is 0 Å². The molecule has 196 valence electrons. The van der Waals surface area contributed by atoms with E-state index in [1.165, 1.54) is 16.5 Å². The van der Waals surface area contributed by atoms with Gasteiger partial charge in [-0.3, -0.25) is 14.7 Å². The maximum atomic E-state index is 12.1. The van der Waals surface area contributed by atoms with Crippen molar-refractivity contribution in [2.75, 3.05) is 33.4 Å². The highest BCUT2D eigenvalue weighted by molar-refractivity contribution is 5.88. The second-order valence-electron chi connectivity index (χ2n) is 10.6. The fraction of sp³-hybridized carbons (Fsp3) is 0.355. The van der Waals surface area contributed by atoms with E-state index < -0.39 is 0 Å². The Morgan fingerprint density at radius 1 is 1.13 bits per heavy atom. The van der Waals surface area contributed by atoms with Gasteiger partial charge in [-0.1, -0.05) is 30.3 Å². The summed E-state index contributed by atoms with van der Waals surface area (Å²) in [4.78, 5) is 24.7. The van der Waals surface area contributed by atoms with Crippen LogP contribution in [0.2, 0.25) is 0 Å². The van der Waals surface area contributed by atoms with E-state index in [-0.39, 0.29) is 24.0 Å². The molecular formula is C31H34N4O3. The summed E-state index contributed by atoms with van der Waals surface area (Å²) >= 11 is 0. The van der Waals surface area contributed by atoms with Crippen molar-refractivity contribution in [1.29, 1.82) is 0 Å². The summed E-state index contributed by atoms with van der Waals surface area (Å²) in [6.07, 6.45) is 3.60. The number of amides is 1. The lowest BCUT2D eigenvalue weighted by Gasteiger charge is -2.50. The molecule has 1 spiro atoms. The van der Waals surface area contributed by atoms with Crippen LogP contribution in [0, 0.1) is 0 Å². The summed E-state index contributed by atoms with van der Waals surface area (Å²) in [6.45, 7) is 4.73.